The highest BCUT2D eigenvalue weighted by molar-refractivity contribution is 8.00. The molecule has 1 atom stereocenters. The van der Waals surface area contributed by atoms with Crippen LogP contribution in [0.15, 0.2) is 29.2 Å². The van der Waals surface area contributed by atoms with E-state index in [-0.39, 0.29) is 11.8 Å². The van der Waals surface area contributed by atoms with Crippen LogP contribution in [0.1, 0.15) is 20.8 Å². The van der Waals surface area contributed by atoms with E-state index in [1.807, 2.05) is 26.0 Å². The lowest BCUT2D eigenvalue weighted by Crippen LogP contribution is -2.22. The van der Waals surface area contributed by atoms with Crippen LogP contribution in [0.25, 0.3) is 0 Å². The van der Waals surface area contributed by atoms with Gasteiger partial charge in [-0.3, -0.25) is 9.59 Å². The minimum atomic E-state index is -0.805. The maximum atomic E-state index is 11.1. The molecule has 18 heavy (non-hydrogen) atoms. The predicted octanol–water partition coefficient (Wildman–Crippen LogP) is 2.85. The molecular formula is C13H17NO3S. The maximum Gasteiger partial charge on any atom is 0.317 e. The zero-order valence-electron chi connectivity index (χ0n) is 10.6. The number of rotatable bonds is 5. The van der Waals surface area contributed by atoms with E-state index < -0.39 is 11.2 Å². The van der Waals surface area contributed by atoms with Gasteiger partial charge in [0.15, 0.2) is 0 Å². The SMILES string of the molecule is CC(=O)Nc1ccc(SC(C(=O)O)C(C)C)cc1. The lowest BCUT2D eigenvalue weighted by molar-refractivity contribution is -0.137. The number of hydrogen-bond acceptors (Lipinski definition) is 3. The second-order valence-electron chi connectivity index (χ2n) is 4.33. The third kappa shape index (κ3) is 4.41. The number of nitrogens with one attached hydrogen (secondary N) is 1. The van der Waals surface area contributed by atoms with Gasteiger partial charge in [-0.05, 0) is 30.2 Å². The van der Waals surface area contributed by atoms with Crippen molar-refractivity contribution in [2.24, 2.45) is 5.92 Å². The fraction of sp³-hybridized carbons (Fsp3) is 0.385. The minimum absolute atomic E-state index is 0.0579. The number of benzene rings is 1. The first-order valence-electron chi connectivity index (χ1n) is 5.67. The van der Waals surface area contributed by atoms with E-state index in [2.05, 4.69) is 5.32 Å². The van der Waals surface area contributed by atoms with Crippen molar-refractivity contribution in [2.45, 2.75) is 30.9 Å². The minimum Gasteiger partial charge on any atom is -0.480 e. The Kier molecular flexibility index (Phi) is 5.22. The predicted molar refractivity (Wildman–Crippen MR) is 72.9 cm³/mol. The molecule has 0 heterocycles. The molecule has 0 saturated carbocycles. The van der Waals surface area contributed by atoms with Crippen LogP contribution in [0, 0.1) is 5.92 Å². The normalized spacial score (nSPS) is 12.2. The zero-order chi connectivity index (χ0) is 13.7. The third-order valence-corrected chi connectivity index (χ3v) is 3.83. The molecule has 0 aromatic heterocycles. The van der Waals surface area contributed by atoms with Crippen LogP contribution in [0.2, 0.25) is 0 Å². The van der Waals surface area contributed by atoms with Crippen molar-refractivity contribution < 1.29 is 14.7 Å². The molecule has 0 fully saturated rings. The van der Waals surface area contributed by atoms with Gasteiger partial charge < -0.3 is 10.4 Å². The molecular weight excluding hydrogens is 250 g/mol. The number of amides is 1. The van der Waals surface area contributed by atoms with E-state index in [9.17, 15) is 9.59 Å². The maximum absolute atomic E-state index is 11.1. The standard InChI is InChI=1S/C13H17NO3S/c1-8(2)12(13(16)17)18-11-6-4-10(5-7-11)14-9(3)15/h4-8,12H,1-3H3,(H,14,15)(H,16,17). The highest BCUT2D eigenvalue weighted by Gasteiger charge is 2.22. The Morgan fingerprint density at radius 1 is 1.22 bits per heavy atom. The molecule has 1 unspecified atom stereocenters. The van der Waals surface area contributed by atoms with E-state index >= 15 is 0 Å². The summed E-state index contributed by atoms with van der Waals surface area (Å²) in [4.78, 5) is 22.8. The van der Waals surface area contributed by atoms with Gasteiger partial charge in [0, 0.05) is 17.5 Å². The largest absolute Gasteiger partial charge is 0.480 e. The van der Waals surface area contributed by atoms with Crippen LogP contribution in [0.4, 0.5) is 5.69 Å². The van der Waals surface area contributed by atoms with Crippen molar-refractivity contribution in [1.82, 2.24) is 0 Å². The molecule has 4 nitrogen and oxygen atoms in total. The van der Waals surface area contributed by atoms with Gasteiger partial charge in [0.25, 0.3) is 0 Å². The van der Waals surface area contributed by atoms with E-state index in [0.717, 1.165) is 4.90 Å². The average molecular weight is 267 g/mol. The summed E-state index contributed by atoms with van der Waals surface area (Å²) in [7, 11) is 0. The molecule has 0 bridgehead atoms. The van der Waals surface area contributed by atoms with Crippen LogP contribution < -0.4 is 5.32 Å². The average Bonchev–Trinajstić information content (AvgIpc) is 2.26. The molecule has 98 valence electrons. The van der Waals surface area contributed by atoms with Gasteiger partial charge in [0.1, 0.15) is 5.25 Å². The van der Waals surface area contributed by atoms with E-state index in [1.165, 1.54) is 18.7 Å². The summed E-state index contributed by atoms with van der Waals surface area (Å²) in [5.74, 6) is -0.871. The molecule has 0 aliphatic heterocycles. The topological polar surface area (TPSA) is 66.4 Å². The van der Waals surface area contributed by atoms with Gasteiger partial charge in [-0.1, -0.05) is 13.8 Å². The van der Waals surface area contributed by atoms with Crippen molar-refractivity contribution in [3.8, 4) is 0 Å². The molecule has 2 N–H and O–H groups in total. The van der Waals surface area contributed by atoms with E-state index in [1.54, 1.807) is 12.1 Å². The van der Waals surface area contributed by atoms with Crippen molar-refractivity contribution in [1.29, 1.82) is 0 Å². The van der Waals surface area contributed by atoms with Crippen LogP contribution in [-0.2, 0) is 9.59 Å². The van der Waals surface area contributed by atoms with Crippen LogP contribution in [-0.4, -0.2) is 22.2 Å². The summed E-state index contributed by atoms with van der Waals surface area (Å²) in [5.41, 5.74) is 0.711. The number of anilines is 1. The number of carboxylic acids is 1. The first-order chi connectivity index (χ1) is 8.40. The molecule has 1 amide bonds. The molecule has 1 aromatic carbocycles. The summed E-state index contributed by atoms with van der Waals surface area (Å²) in [6.45, 7) is 5.22. The van der Waals surface area contributed by atoms with Crippen LogP contribution >= 0.6 is 11.8 Å². The van der Waals surface area contributed by atoms with Gasteiger partial charge in [0.2, 0.25) is 5.91 Å². The Morgan fingerprint density at radius 3 is 2.17 bits per heavy atom. The van der Waals surface area contributed by atoms with Crippen LogP contribution in [0.5, 0.6) is 0 Å². The van der Waals surface area contributed by atoms with E-state index in [4.69, 9.17) is 5.11 Å². The monoisotopic (exact) mass is 267 g/mol. The van der Waals surface area contributed by atoms with Gasteiger partial charge >= 0.3 is 5.97 Å². The molecule has 1 aromatic rings. The summed E-state index contributed by atoms with van der Waals surface area (Å²) in [6.07, 6.45) is 0. The number of carbonyl (C=O) groups excluding carboxylic acids is 1. The van der Waals surface area contributed by atoms with E-state index in [0.29, 0.717) is 5.69 Å². The quantitative estimate of drug-likeness (QED) is 0.805. The van der Waals surface area contributed by atoms with Crippen molar-refractivity contribution in [2.75, 3.05) is 5.32 Å². The zero-order valence-corrected chi connectivity index (χ0v) is 11.5. The molecule has 0 aliphatic rings. The molecule has 1 rings (SSSR count). The summed E-state index contributed by atoms with van der Waals surface area (Å²) in [6, 6.07) is 7.16. The summed E-state index contributed by atoms with van der Waals surface area (Å²) >= 11 is 1.32. The molecule has 0 spiro atoms. The second kappa shape index (κ2) is 6.44. The fourth-order valence-corrected chi connectivity index (χ4v) is 2.40. The van der Waals surface area contributed by atoms with Crippen molar-refractivity contribution in [3.05, 3.63) is 24.3 Å². The Labute approximate surface area is 111 Å². The van der Waals surface area contributed by atoms with Crippen LogP contribution in [0.3, 0.4) is 0 Å². The highest BCUT2D eigenvalue weighted by Crippen LogP contribution is 2.29. The second-order valence-corrected chi connectivity index (χ2v) is 5.54. The summed E-state index contributed by atoms with van der Waals surface area (Å²) < 4.78 is 0. The van der Waals surface area contributed by atoms with Crippen molar-refractivity contribution >= 4 is 29.3 Å². The van der Waals surface area contributed by atoms with Gasteiger partial charge in [0.05, 0.1) is 0 Å². The fourth-order valence-electron chi connectivity index (χ4n) is 1.44. The number of thioether (sulfide) groups is 1. The lowest BCUT2D eigenvalue weighted by Gasteiger charge is -2.15. The molecule has 0 radical (unpaired) electrons. The van der Waals surface area contributed by atoms with Gasteiger partial charge in [-0.15, -0.1) is 11.8 Å². The summed E-state index contributed by atoms with van der Waals surface area (Å²) in [5, 5.41) is 11.3. The Bertz CT molecular complexity index is 428. The highest BCUT2D eigenvalue weighted by atomic mass is 32.2. The van der Waals surface area contributed by atoms with Crippen molar-refractivity contribution in [3.63, 3.8) is 0 Å². The smallest absolute Gasteiger partial charge is 0.317 e. The number of aliphatic carboxylic acids is 1. The number of carboxylic acid groups (broad SMARTS) is 1. The molecule has 0 saturated heterocycles. The number of carbonyl (C=O) groups is 2. The first-order valence-corrected chi connectivity index (χ1v) is 6.55. The first kappa shape index (κ1) is 14.6. The molecule has 5 heteroatoms. The lowest BCUT2D eigenvalue weighted by atomic mass is 10.1. The Hall–Kier alpha value is -1.49. The molecule has 0 aliphatic carbocycles. The number of hydrogen-bond donors (Lipinski definition) is 2. The Morgan fingerprint density at radius 2 is 1.78 bits per heavy atom. The Balaban J connectivity index is 2.73. The third-order valence-electron chi connectivity index (χ3n) is 2.29. The van der Waals surface area contributed by atoms with Gasteiger partial charge in [-0.25, -0.2) is 0 Å². The van der Waals surface area contributed by atoms with Gasteiger partial charge in [-0.2, -0.15) is 0 Å².